The van der Waals surface area contributed by atoms with E-state index in [9.17, 15) is 28.4 Å². The molecule has 324 valence electrons. The van der Waals surface area contributed by atoms with Gasteiger partial charge in [-0.05, 0) is 105 Å². The molecule has 3 aromatic carbocycles. The normalized spacial score (nSPS) is 11.2. The Hall–Kier alpha value is -2.25. The van der Waals surface area contributed by atoms with Gasteiger partial charge >= 0.3 is 41.5 Å². The second-order valence-corrected chi connectivity index (χ2v) is 16.4. The van der Waals surface area contributed by atoms with Crippen molar-refractivity contribution in [3.8, 4) is 17.2 Å². The molecule has 0 spiro atoms. The maximum atomic E-state index is 10.4. The van der Waals surface area contributed by atoms with Crippen molar-refractivity contribution in [1.29, 1.82) is 0 Å². The van der Waals surface area contributed by atoms with E-state index in [1.165, 1.54) is 152 Å². The molecule has 3 aromatic rings. The fourth-order valence-electron chi connectivity index (χ4n) is 6.27. The van der Waals surface area contributed by atoms with Crippen LogP contribution in [-0.4, -0.2) is 0 Å². The van der Waals surface area contributed by atoms with E-state index >= 15 is 0 Å². The van der Waals surface area contributed by atoms with Crippen LogP contribution in [0.5, 0.6) is 17.2 Å². The van der Waals surface area contributed by atoms with E-state index in [4.69, 9.17) is 0 Å². The van der Waals surface area contributed by atoms with Gasteiger partial charge in [0.25, 0.3) is 0 Å². The SMILES string of the molecule is CCCCCCCCCc1ccc(O[P+](=O)[O-])cc1.CCCCCCCCCc1ccc(O[P+](=O)[O-])cc1.CCCCCCCCCc1ccc(O[P+](=O)[O-])cc1.[Co+3]. The molecular weight excluding hydrogens is 836 g/mol. The Morgan fingerprint density at radius 1 is 0.345 bits per heavy atom. The number of aryl methyl sites for hydroxylation is 3. The third-order valence-electron chi connectivity index (χ3n) is 9.52. The van der Waals surface area contributed by atoms with Gasteiger partial charge in [0.15, 0.2) is 17.2 Å². The Balaban J connectivity index is 0.000000833. The van der Waals surface area contributed by atoms with E-state index in [0.29, 0.717) is 17.2 Å². The van der Waals surface area contributed by atoms with Crippen LogP contribution in [0.3, 0.4) is 0 Å². The average Bonchev–Trinajstić information content (AvgIpc) is 3.19. The molecule has 0 aliphatic rings. The molecule has 0 N–H and O–H groups in total. The van der Waals surface area contributed by atoms with Crippen molar-refractivity contribution in [2.45, 2.75) is 175 Å². The molecule has 9 nitrogen and oxygen atoms in total. The van der Waals surface area contributed by atoms with Crippen molar-refractivity contribution in [2.24, 2.45) is 0 Å². The summed E-state index contributed by atoms with van der Waals surface area (Å²) in [5.41, 5.74) is 3.71. The molecule has 0 bridgehead atoms. The minimum Gasteiger partial charge on any atom is -0.558 e. The second kappa shape index (κ2) is 38.9. The molecule has 0 heterocycles. The maximum absolute atomic E-state index is 10.4. The van der Waals surface area contributed by atoms with Crippen LogP contribution < -0.4 is 28.3 Å². The molecule has 0 fully saturated rings. The molecule has 0 saturated heterocycles. The van der Waals surface area contributed by atoms with Crippen molar-refractivity contribution in [2.75, 3.05) is 0 Å². The van der Waals surface area contributed by atoms with Crippen molar-refractivity contribution in [1.82, 2.24) is 0 Å². The Morgan fingerprint density at radius 2 is 0.534 bits per heavy atom. The van der Waals surface area contributed by atoms with E-state index in [-0.39, 0.29) is 16.8 Å². The molecule has 3 atom stereocenters. The zero-order chi connectivity index (χ0) is 41.8. The van der Waals surface area contributed by atoms with Crippen LogP contribution in [0.25, 0.3) is 0 Å². The Kier molecular flexibility index (Phi) is 37.4. The van der Waals surface area contributed by atoms with E-state index in [0.717, 1.165) is 19.3 Å². The average molecular weight is 906 g/mol. The molecule has 0 aliphatic heterocycles. The summed E-state index contributed by atoms with van der Waals surface area (Å²) in [6.45, 7) is 6.70. The van der Waals surface area contributed by atoms with Crippen LogP contribution in [-0.2, 0) is 49.7 Å². The van der Waals surface area contributed by atoms with Crippen molar-refractivity contribution < 1.29 is 58.7 Å². The van der Waals surface area contributed by atoms with Crippen molar-refractivity contribution >= 4 is 24.8 Å². The van der Waals surface area contributed by atoms with Crippen LogP contribution in [0.4, 0.5) is 0 Å². The summed E-state index contributed by atoms with van der Waals surface area (Å²) in [6, 6.07) is 21.9. The predicted molar refractivity (Wildman–Crippen MR) is 229 cm³/mol. The van der Waals surface area contributed by atoms with Crippen LogP contribution in [0.15, 0.2) is 72.8 Å². The van der Waals surface area contributed by atoms with Gasteiger partial charge in [0.05, 0.1) is 0 Å². The Bertz CT molecular complexity index is 1270. The second-order valence-electron chi connectivity index (χ2n) is 14.5. The van der Waals surface area contributed by atoms with Crippen molar-refractivity contribution in [3.05, 3.63) is 89.5 Å². The molecule has 58 heavy (non-hydrogen) atoms. The summed E-state index contributed by atoms with van der Waals surface area (Å²) in [6.07, 6.45) is 30.6. The van der Waals surface area contributed by atoms with Crippen LogP contribution in [0.1, 0.15) is 172 Å². The Labute approximate surface area is 363 Å². The summed E-state index contributed by atoms with van der Waals surface area (Å²) >= 11 is 0. The predicted octanol–water partition coefficient (Wildman–Crippen LogP) is 13.1. The van der Waals surface area contributed by atoms with Gasteiger partial charge < -0.3 is 14.7 Å². The van der Waals surface area contributed by atoms with Crippen LogP contribution in [0.2, 0.25) is 0 Å². The minimum atomic E-state index is -2.81. The standard InChI is InChI=1S/3C15H23O3P.Co/c3*1-2-3-4-5-6-7-8-9-14-10-12-15(13-11-14)18-19(16)17;/h3*10-13H,2-9H2,1H3;/q;;;+3. The van der Waals surface area contributed by atoms with E-state index < -0.39 is 24.8 Å². The van der Waals surface area contributed by atoms with Gasteiger partial charge in [0.2, 0.25) is 0 Å². The first-order valence-corrected chi connectivity index (χ1v) is 24.7. The fraction of sp³-hybridized carbons (Fsp3) is 0.600. The monoisotopic (exact) mass is 905 g/mol. The molecule has 0 saturated carbocycles. The molecule has 0 radical (unpaired) electrons. The van der Waals surface area contributed by atoms with E-state index in [2.05, 4.69) is 34.3 Å². The zero-order valence-electron chi connectivity index (χ0n) is 35.2. The van der Waals surface area contributed by atoms with E-state index in [1.54, 1.807) is 36.4 Å². The first-order valence-electron chi connectivity index (χ1n) is 21.4. The molecule has 0 aromatic heterocycles. The first kappa shape index (κ1) is 55.7. The smallest absolute Gasteiger partial charge is 0.558 e. The van der Waals surface area contributed by atoms with Gasteiger partial charge in [0.1, 0.15) is 0 Å². The largest absolute Gasteiger partial charge is 3.00 e. The number of rotatable bonds is 30. The van der Waals surface area contributed by atoms with Gasteiger partial charge in [-0.2, -0.15) is 0 Å². The summed E-state index contributed by atoms with van der Waals surface area (Å²) < 4.78 is 45.0. The molecule has 13 heteroatoms. The molecule has 0 amide bonds. The van der Waals surface area contributed by atoms with Gasteiger partial charge in [0, 0.05) is 0 Å². The van der Waals surface area contributed by atoms with Crippen LogP contribution >= 0.6 is 24.8 Å². The van der Waals surface area contributed by atoms with Gasteiger partial charge in [-0.3, -0.25) is 13.6 Å². The minimum absolute atomic E-state index is 0. The Morgan fingerprint density at radius 3 is 0.724 bits per heavy atom. The molecule has 0 aliphatic carbocycles. The number of hydrogen-bond acceptors (Lipinski definition) is 9. The third-order valence-corrected chi connectivity index (χ3v) is 10.6. The summed E-state index contributed by atoms with van der Waals surface area (Å²) in [7, 11) is -8.42. The summed E-state index contributed by atoms with van der Waals surface area (Å²) in [5.74, 6) is 1.17. The number of unbranched alkanes of at least 4 members (excludes halogenated alkanes) is 18. The quantitative estimate of drug-likeness (QED) is 0.0471. The van der Waals surface area contributed by atoms with Crippen LogP contribution in [0, 0.1) is 0 Å². The first-order chi connectivity index (χ1) is 27.7. The topological polar surface area (TPSA) is 148 Å². The maximum Gasteiger partial charge on any atom is 3.00 e. The van der Waals surface area contributed by atoms with Crippen molar-refractivity contribution in [3.63, 3.8) is 0 Å². The summed E-state index contributed by atoms with van der Waals surface area (Å²) in [5, 5.41) is 0. The fourth-order valence-corrected chi connectivity index (χ4v) is 7.15. The summed E-state index contributed by atoms with van der Waals surface area (Å²) in [4.78, 5) is 31.2. The van der Waals surface area contributed by atoms with E-state index in [1.807, 2.05) is 36.4 Å². The van der Waals surface area contributed by atoms with Gasteiger partial charge in [-0.15, -0.1) is 0 Å². The van der Waals surface area contributed by atoms with Gasteiger partial charge in [-0.25, -0.2) is 0 Å². The number of benzene rings is 3. The van der Waals surface area contributed by atoms with Gasteiger partial charge in [-0.1, -0.05) is 173 Å². The molecule has 3 unspecified atom stereocenters. The number of hydrogen-bond donors (Lipinski definition) is 0. The molecular formula is C45H69CoO9P3+3. The molecule has 3 rings (SSSR count). The third kappa shape index (κ3) is 33.6. The zero-order valence-corrected chi connectivity index (χ0v) is 39.0.